The van der Waals surface area contributed by atoms with E-state index in [4.69, 9.17) is 4.74 Å². The van der Waals surface area contributed by atoms with E-state index < -0.39 is 12.1 Å². The summed E-state index contributed by atoms with van der Waals surface area (Å²) in [6.07, 6.45) is 0.0880. The molecule has 0 bridgehead atoms. The lowest BCUT2D eigenvalue weighted by atomic mass is 9.91. The molecule has 4 aromatic rings. The average molecular weight is 570 g/mol. The van der Waals surface area contributed by atoms with Crippen LogP contribution in [0.3, 0.4) is 0 Å². The zero-order valence-electron chi connectivity index (χ0n) is 24.7. The van der Waals surface area contributed by atoms with Gasteiger partial charge >= 0.3 is 5.97 Å². The molecule has 2 atom stereocenters. The summed E-state index contributed by atoms with van der Waals surface area (Å²) in [4.78, 5) is 12.0. The van der Waals surface area contributed by atoms with Crippen molar-refractivity contribution < 1.29 is 24.1 Å². The summed E-state index contributed by atoms with van der Waals surface area (Å²) in [5, 5.41) is 23.9. The summed E-state index contributed by atoms with van der Waals surface area (Å²) in [5.41, 5.74) is 6.06. The van der Waals surface area contributed by atoms with Gasteiger partial charge in [-0.05, 0) is 97.7 Å². The van der Waals surface area contributed by atoms with Crippen molar-refractivity contribution >= 4 is 5.97 Å². The Balaban J connectivity index is 1.41. The standard InChI is InChI=1S/C36H40FNO4/c1-24-14-15-27(19-34(24)37)21-36(3,4)38-22-30(39)23-42-25(2)31-12-8-9-13-32(31)28-16-17-33(35(40)41)29(20-28)18-26-10-6-5-7-11-26/h5-17,19-20,25,30,38-39H,18,21-23H2,1-4H3,(H,40,41)/t25?,30-/m0/s1. The van der Waals surface area contributed by atoms with E-state index >= 15 is 0 Å². The Morgan fingerprint density at radius 2 is 1.67 bits per heavy atom. The van der Waals surface area contributed by atoms with Crippen LogP contribution in [0.5, 0.6) is 0 Å². The molecule has 0 aromatic heterocycles. The predicted octanol–water partition coefficient (Wildman–Crippen LogP) is 7.14. The second-order valence-electron chi connectivity index (χ2n) is 11.6. The highest BCUT2D eigenvalue weighted by Crippen LogP contribution is 2.32. The van der Waals surface area contributed by atoms with Crippen LogP contribution in [0.15, 0.2) is 91.0 Å². The molecule has 0 spiro atoms. The predicted molar refractivity (Wildman–Crippen MR) is 165 cm³/mol. The fourth-order valence-corrected chi connectivity index (χ4v) is 5.16. The highest BCUT2D eigenvalue weighted by molar-refractivity contribution is 5.90. The largest absolute Gasteiger partial charge is 0.478 e. The summed E-state index contributed by atoms with van der Waals surface area (Å²) in [6, 6.07) is 28.5. The number of carbonyl (C=O) groups is 1. The Labute approximate surface area is 248 Å². The van der Waals surface area contributed by atoms with Crippen LogP contribution in [0.1, 0.15) is 65.1 Å². The number of aromatic carboxylic acids is 1. The number of ether oxygens (including phenoxy) is 1. The van der Waals surface area contributed by atoms with Crippen molar-refractivity contribution in [2.24, 2.45) is 0 Å². The Morgan fingerprint density at radius 1 is 0.952 bits per heavy atom. The smallest absolute Gasteiger partial charge is 0.335 e. The Hall–Kier alpha value is -3.84. The molecular formula is C36H40FNO4. The fraction of sp³-hybridized carbons (Fsp3) is 0.306. The molecule has 3 N–H and O–H groups in total. The van der Waals surface area contributed by atoms with Gasteiger partial charge in [-0.15, -0.1) is 0 Å². The van der Waals surface area contributed by atoms with Gasteiger partial charge in [0, 0.05) is 12.1 Å². The van der Waals surface area contributed by atoms with Crippen molar-refractivity contribution in [1.82, 2.24) is 5.32 Å². The van der Waals surface area contributed by atoms with Gasteiger partial charge in [0.25, 0.3) is 0 Å². The molecule has 0 aliphatic carbocycles. The number of aliphatic hydroxyl groups is 1. The van der Waals surface area contributed by atoms with E-state index in [1.54, 1.807) is 25.1 Å². The highest BCUT2D eigenvalue weighted by Gasteiger charge is 2.21. The molecule has 4 rings (SSSR count). The number of carboxylic acid groups (broad SMARTS) is 1. The SMILES string of the molecule is Cc1ccc(CC(C)(C)NC[C@H](O)COC(C)c2ccccc2-c2ccc(C(=O)O)c(Cc3ccccc3)c2)cc1F. The van der Waals surface area contributed by atoms with Crippen molar-refractivity contribution in [1.29, 1.82) is 0 Å². The van der Waals surface area contributed by atoms with Crippen molar-refractivity contribution in [3.63, 3.8) is 0 Å². The van der Waals surface area contributed by atoms with E-state index in [2.05, 4.69) is 5.32 Å². The van der Waals surface area contributed by atoms with Gasteiger partial charge in [0.15, 0.2) is 0 Å². The molecule has 1 unspecified atom stereocenters. The molecule has 42 heavy (non-hydrogen) atoms. The molecule has 0 aliphatic heterocycles. The van der Waals surface area contributed by atoms with Crippen LogP contribution in [-0.4, -0.2) is 41.0 Å². The van der Waals surface area contributed by atoms with E-state index in [-0.39, 0.29) is 29.6 Å². The first-order valence-corrected chi connectivity index (χ1v) is 14.3. The van der Waals surface area contributed by atoms with E-state index in [1.807, 2.05) is 93.6 Å². The summed E-state index contributed by atoms with van der Waals surface area (Å²) >= 11 is 0. The molecule has 5 nitrogen and oxygen atoms in total. The number of aryl methyl sites for hydroxylation is 1. The van der Waals surface area contributed by atoms with Gasteiger partial charge in [-0.25, -0.2) is 9.18 Å². The molecule has 0 heterocycles. The van der Waals surface area contributed by atoms with E-state index in [0.29, 0.717) is 24.9 Å². The lowest BCUT2D eigenvalue weighted by molar-refractivity contribution is -0.00397. The van der Waals surface area contributed by atoms with Gasteiger partial charge in [-0.1, -0.05) is 72.8 Å². The lowest BCUT2D eigenvalue weighted by Crippen LogP contribution is -2.46. The average Bonchev–Trinajstić information content (AvgIpc) is 2.97. The van der Waals surface area contributed by atoms with Crippen LogP contribution in [0.2, 0.25) is 0 Å². The molecule has 0 radical (unpaired) electrons. The number of carboxylic acids is 1. The zero-order valence-corrected chi connectivity index (χ0v) is 24.7. The molecule has 0 saturated carbocycles. The molecular weight excluding hydrogens is 529 g/mol. The Kier molecular flexibility index (Phi) is 10.3. The zero-order chi connectivity index (χ0) is 30.3. The van der Waals surface area contributed by atoms with E-state index in [1.165, 1.54) is 0 Å². The van der Waals surface area contributed by atoms with E-state index in [9.17, 15) is 19.4 Å². The van der Waals surface area contributed by atoms with E-state index in [0.717, 1.165) is 33.4 Å². The third-order valence-corrected chi connectivity index (χ3v) is 7.52. The van der Waals surface area contributed by atoms with Crippen LogP contribution >= 0.6 is 0 Å². The van der Waals surface area contributed by atoms with Gasteiger partial charge in [0.1, 0.15) is 5.82 Å². The van der Waals surface area contributed by atoms with Crippen LogP contribution in [0, 0.1) is 12.7 Å². The maximum absolute atomic E-state index is 14.0. The minimum absolute atomic E-state index is 0.134. The first-order chi connectivity index (χ1) is 20.0. The van der Waals surface area contributed by atoms with Gasteiger partial charge in [-0.3, -0.25) is 0 Å². The molecule has 4 aromatic carbocycles. The summed E-state index contributed by atoms with van der Waals surface area (Å²) < 4.78 is 20.1. The number of benzene rings is 4. The minimum atomic E-state index is -0.950. The second-order valence-corrected chi connectivity index (χ2v) is 11.6. The summed E-state index contributed by atoms with van der Waals surface area (Å²) in [7, 11) is 0. The van der Waals surface area contributed by atoms with Crippen LogP contribution in [0.25, 0.3) is 11.1 Å². The topological polar surface area (TPSA) is 78.8 Å². The minimum Gasteiger partial charge on any atom is -0.478 e. The van der Waals surface area contributed by atoms with Crippen LogP contribution in [-0.2, 0) is 17.6 Å². The Morgan fingerprint density at radius 3 is 2.38 bits per heavy atom. The third kappa shape index (κ3) is 8.35. The van der Waals surface area contributed by atoms with Crippen LogP contribution < -0.4 is 5.32 Å². The molecule has 6 heteroatoms. The van der Waals surface area contributed by atoms with Crippen molar-refractivity contribution in [2.75, 3.05) is 13.2 Å². The fourth-order valence-electron chi connectivity index (χ4n) is 5.16. The molecule has 0 aliphatic rings. The third-order valence-electron chi connectivity index (χ3n) is 7.52. The number of β-amino-alcohol motifs (C(OH)–C–C–N with tert-alkyl or cyclic N) is 1. The van der Waals surface area contributed by atoms with Crippen molar-refractivity contribution in [2.45, 2.75) is 58.3 Å². The number of rotatable bonds is 13. The molecule has 0 fully saturated rings. The Bertz CT molecular complexity index is 1500. The number of hydrogen-bond donors (Lipinski definition) is 3. The second kappa shape index (κ2) is 13.9. The van der Waals surface area contributed by atoms with Gasteiger partial charge in [0.2, 0.25) is 0 Å². The first-order valence-electron chi connectivity index (χ1n) is 14.3. The van der Waals surface area contributed by atoms with Gasteiger partial charge in [-0.2, -0.15) is 0 Å². The summed E-state index contributed by atoms with van der Waals surface area (Å²) in [5.74, 6) is -1.16. The normalized spacial score (nSPS) is 13.1. The number of halogens is 1. The number of aliphatic hydroxyl groups excluding tert-OH is 1. The number of hydrogen-bond acceptors (Lipinski definition) is 4. The monoisotopic (exact) mass is 569 g/mol. The molecule has 220 valence electrons. The van der Waals surface area contributed by atoms with Crippen LogP contribution in [0.4, 0.5) is 4.39 Å². The van der Waals surface area contributed by atoms with Crippen molar-refractivity contribution in [3.05, 3.63) is 130 Å². The van der Waals surface area contributed by atoms with Gasteiger partial charge in [0.05, 0.1) is 24.4 Å². The van der Waals surface area contributed by atoms with Gasteiger partial charge < -0.3 is 20.3 Å². The summed E-state index contributed by atoms with van der Waals surface area (Å²) in [6.45, 7) is 8.21. The molecule has 0 saturated heterocycles. The van der Waals surface area contributed by atoms with Crippen molar-refractivity contribution in [3.8, 4) is 11.1 Å². The number of nitrogens with one attached hydrogen (secondary N) is 1. The maximum atomic E-state index is 14.0. The first kappa shape index (κ1) is 31.1. The molecule has 0 amide bonds. The highest BCUT2D eigenvalue weighted by atomic mass is 19.1. The maximum Gasteiger partial charge on any atom is 0.335 e. The quantitative estimate of drug-likeness (QED) is 0.160. The lowest BCUT2D eigenvalue weighted by Gasteiger charge is -2.28.